The predicted octanol–water partition coefficient (Wildman–Crippen LogP) is 3.83. The number of likely N-dealkylation sites (tertiary alicyclic amines) is 1. The minimum atomic E-state index is -0.479. The highest BCUT2D eigenvalue weighted by Gasteiger charge is 2.36. The third-order valence-corrected chi connectivity index (χ3v) is 6.39. The molecular weight excluding hydrogens is 366 g/mol. The Kier molecular flexibility index (Phi) is 5.69. The summed E-state index contributed by atoms with van der Waals surface area (Å²) in [5.41, 5.74) is 2.65. The van der Waals surface area contributed by atoms with Crippen LogP contribution in [0, 0.1) is 19.8 Å². The first kappa shape index (κ1) is 19.7. The van der Waals surface area contributed by atoms with Gasteiger partial charge in [-0.15, -0.1) is 0 Å². The van der Waals surface area contributed by atoms with E-state index in [4.69, 9.17) is 4.74 Å². The van der Waals surface area contributed by atoms with Crippen molar-refractivity contribution < 1.29 is 14.3 Å². The van der Waals surface area contributed by atoms with E-state index in [1.807, 2.05) is 42.2 Å². The smallest absolute Gasteiger partial charge is 0.342 e. The summed E-state index contributed by atoms with van der Waals surface area (Å²) in [6.45, 7) is 4.23. The van der Waals surface area contributed by atoms with Gasteiger partial charge in [0.25, 0.3) is 5.91 Å². The number of aromatic nitrogens is 2. The predicted molar refractivity (Wildman–Crippen MR) is 110 cm³/mol. The summed E-state index contributed by atoms with van der Waals surface area (Å²) in [4.78, 5) is 27.5. The lowest BCUT2D eigenvalue weighted by Crippen LogP contribution is -2.50. The first-order valence-electron chi connectivity index (χ1n) is 10.6. The lowest BCUT2D eigenvalue weighted by Gasteiger charge is -2.44. The summed E-state index contributed by atoms with van der Waals surface area (Å²) in [6.07, 6.45) is 7.00. The number of hydrogen-bond donors (Lipinski definition) is 0. The number of ether oxygens (including phenoxy) is 1. The molecule has 29 heavy (non-hydrogen) atoms. The molecule has 4 rings (SSSR count). The van der Waals surface area contributed by atoms with Gasteiger partial charge in [0, 0.05) is 12.6 Å². The monoisotopic (exact) mass is 395 g/mol. The Labute approximate surface area is 171 Å². The topological polar surface area (TPSA) is 64.4 Å². The van der Waals surface area contributed by atoms with Crippen LogP contribution < -0.4 is 0 Å². The molecule has 1 aliphatic carbocycles. The number of esters is 1. The minimum Gasteiger partial charge on any atom is -0.452 e. The third kappa shape index (κ3) is 3.93. The van der Waals surface area contributed by atoms with Gasteiger partial charge in [0.05, 0.1) is 17.1 Å². The van der Waals surface area contributed by atoms with E-state index in [1.165, 1.54) is 25.7 Å². The molecule has 2 aromatic rings. The second-order valence-corrected chi connectivity index (χ2v) is 8.21. The Hall–Kier alpha value is -2.63. The highest BCUT2D eigenvalue weighted by atomic mass is 16.5. The molecule has 0 radical (unpaired) electrons. The number of fused-ring (bicyclic) bond motifs is 1. The molecule has 0 unspecified atom stereocenters. The maximum atomic E-state index is 12.8. The first-order chi connectivity index (χ1) is 14.1. The second-order valence-electron chi connectivity index (χ2n) is 8.21. The van der Waals surface area contributed by atoms with Crippen LogP contribution >= 0.6 is 0 Å². The maximum absolute atomic E-state index is 12.8. The number of nitrogens with zero attached hydrogens (tertiary/aromatic N) is 3. The molecule has 6 nitrogen and oxygen atoms in total. The lowest BCUT2D eigenvalue weighted by molar-refractivity contribution is -0.140. The van der Waals surface area contributed by atoms with Crippen molar-refractivity contribution in [2.24, 2.45) is 5.92 Å². The number of carbonyl (C=O) groups excluding carboxylic acids is 2. The van der Waals surface area contributed by atoms with Crippen molar-refractivity contribution in [2.75, 3.05) is 13.2 Å². The molecule has 0 bridgehead atoms. The summed E-state index contributed by atoms with van der Waals surface area (Å²) in [5.74, 6) is 0.0687. The number of rotatable bonds is 4. The number of benzene rings is 1. The average Bonchev–Trinajstić information content (AvgIpc) is 3.06. The van der Waals surface area contributed by atoms with Gasteiger partial charge in [-0.1, -0.05) is 31.0 Å². The van der Waals surface area contributed by atoms with Crippen molar-refractivity contribution in [1.82, 2.24) is 14.7 Å². The molecule has 1 aromatic carbocycles. The molecule has 0 N–H and O–H groups in total. The van der Waals surface area contributed by atoms with E-state index in [1.54, 1.807) is 11.6 Å². The SMILES string of the molecule is Cc1nn(-c2ccccc2)c(C)c1C(=O)OCC(=O)N1CCC[C@@H]2CCCC[C@H]21. The zero-order valence-corrected chi connectivity index (χ0v) is 17.3. The number of carbonyl (C=O) groups is 2. The van der Waals surface area contributed by atoms with Crippen molar-refractivity contribution in [3.63, 3.8) is 0 Å². The van der Waals surface area contributed by atoms with Crippen molar-refractivity contribution in [3.8, 4) is 5.69 Å². The van der Waals surface area contributed by atoms with Crippen LogP contribution in [0.3, 0.4) is 0 Å². The van der Waals surface area contributed by atoms with Crippen molar-refractivity contribution in [2.45, 2.75) is 58.4 Å². The van der Waals surface area contributed by atoms with Crippen molar-refractivity contribution in [1.29, 1.82) is 0 Å². The van der Waals surface area contributed by atoms with Gasteiger partial charge in [-0.05, 0) is 57.6 Å². The molecule has 2 heterocycles. The van der Waals surface area contributed by atoms with E-state index in [2.05, 4.69) is 5.10 Å². The summed E-state index contributed by atoms with van der Waals surface area (Å²) in [7, 11) is 0. The number of hydrogen-bond acceptors (Lipinski definition) is 4. The average molecular weight is 396 g/mol. The Morgan fingerprint density at radius 3 is 2.59 bits per heavy atom. The molecule has 6 heteroatoms. The van der Waals surface area contributed by atoms with Crippen LogP contribution in [-0.4, -0.2) is 45.8 Å². The normalized spacial score (nSPS) is 21.5. The van der Waals surface area contributed by atoms with E-state index in [9.17, 15) is 9.59 Å². The van der Waals surface area contributed by atoms with Crippen LogP contribution in [0.2, 0.25) is 0 Å². The highest BCUT2D eigenvalue weighted by Crippen LogP contribution is 2.35. The number of para-hydroxylation sites is 1. The van der Waals surface area contributed by atoms with Crippen molar-refractivity contribution >= 4 is 11.9 Å². The highest BCUT2D eigenvalue weighted by molar-refractivity contribution is 5.93. The molecular formula is C23H29N3O3. The standard InChI is InChI=1S/C23H29N3O3/c1-16-22(17(2)26(24-16)19-11-4-3-5-12-19)23(28)29-15-21(27)25-14-8-10-18-9-6-7-13-20(18)25/h3-5,11-12,18,20H,6-10,13-15H2,1-2H3/t18-,20+/m0/s1. The van der Waals surface area contributed by atoms with Gasteiger partial charge < -0.3 is 9.64 Å². The Morgan fingerprint density at radius 2 is 1.79 bits per heavy atom. The Morgan fingerprint density at radius 1 is 1.07 bits per heavy atom. The zero-order chi connectivity index (χ0) is 20.4. The molecule has 154 valence electrons. The van der Waals surface area contributed by atoms with Crippen LogP contribution in [0.1, 0.15) is 60.3 Å². The van der Waals surface area contributed by atoms with Gasteiger partial charge in [-0.25, -0.2) is 9.48 Å². The Bertz CT molecular complexity index is 888. The van der Waals surface area contributed by atoms with Gasteiger partial charge in [0.1, 0.15) is 5.56 Å². The van der Waals surface area contributed by atoms with E-state index >= 15 is 0 Å². The molecule has 2 fully saturated rings. The summed E-state index contributed by atoms with van der Waals surface area (Å²) in [5, 5.41) is 4.49. The molecule has 1 aliphatic heterocycles. The van der Waals surface area contributed by atoms with E-state index in [0.717, 1.165) is 30.8 Å². The lowest BCUT2D eigenvalue weighted by atomic mass is 9.78. The number of piperidine rings is 1. The number of aryl methyl sites for hydroxylation is 1. The van der Waals surface area contributed by atoms with Gasteiger partial charge in [0.2, 0.25) is 0 Å². The van der Waals surface area contributed by atoms with Crippen LogP contribution in [0.25, 0.3) is 5.69 Å². The molecule has 1 amide bonds. The molecule has 2 atom stereocenters. The van der Waals surface area contributed by atoms with Gasteiger partial charge in [-0.2, -0.15) is 5.10 Å². The van der Waals surface area contributed by atoms with Crippen LogP contribution in [0.15, 0.2) is 30.3 Å². The Balaban J connectivity index is 1.43. The van der Waals surface area contributed by atoms with Gasteiger partial charge in [-0.3, -0.25) is 4.79 Å². The van der Waals surface area contributed by atoms with Crippen molar-refractivity contribution in [3.05, 3.63) is 47.3 Å². The second kappa shape index (κ2) is 8.39. The van der Waals surface area contributed by atoms with E-state index in [0.29, 0.717) is 23.2 Å². The third-order valence-electron chi connectivity index (χ3n) is 6.39. The molecule has 1 saturated heterocycles. The summed E-state index contributed by atoms with van der Waals surface area (Å²) >= 11 is 0. The van der Waals surface area contributed by atoms with E-state index in [-0.39, 0.29) is 12.5 Å². The molecule has 2 aliphatic rings. The summed E-state index contributed by atoms with van der Waals surface area (Å²) < 4.78 is 7.19. The quantitative estimate of drug-likeness (QED) is 0.738. The van der Waals surface area contributed by atoms with Gasteiger partial charge in [0.15, 0.2) is 6.61 Å². The molecule has 1 aromatic heterocycles. The molecule has 0 spiro atoms. The van der Waals surface area contributed by atoms with Crippen LogP contribution in [0.5, 0.6) is 0 Å². The fourth-order valence-corrected chi connectivity index (χ4v) is 4.98. The first-order valence-corrected chi connectivity index (χ1v) is 10.6. The largest absolute Gasteiger partial charge is 0.452 e. The summed E-state index contributed by atoms with van der Waals surface area (Å²) in [6, 6.07) is 10.0. The zero-order valence-electron chi connectivity index (χ0n) is 17.3. The van der Waals surface area contributed by atoms with Crippen LogP contribution in [-0.2, 0) is 9.53 Å². The van der Waals surface area contributed by atoms with Gasteiger partial charge >= 0.3 is 5.97 Å². The van der Waals surface area contributed by atoms with E-state index < -0.39 is 5.97 Å². The molecule has 1 saturated carbocycles. The minimum absolute atomic E-state index is 0.0688. The maximum Gasteiger partial charge on any atom is 0.342 e. The van der Waals surface area contributed by atoms with Crippen LogP contribution in [0.4, 0.5) is 0 Å². The number of amides is 1. The fraction of sp³-hybridized carbons (Fsp3) is 0.522. The fourth-order valence-electron chi connectivity index (χ4n) is 4.98.